The number of nitrogens with one attached hydrogen (secondary N) is 1. The molecule has 0 heterocycles. The predicted molar refractivity (Wildman–Crippen MR) is 75.7 cm³/mol. The van der Waals surface area contributed by atoms with Crippen molar-refractivity contribution >= 4 is 11.6 Å². The molecule has 1 N–H and O–H groups in total. The van der Waals surface area contributed by atoms with Gasteiger partial charge in [0.05, 0.1) is 14.2 Å². The molecule has 0 amide bonds. The van der Waals surface area contributed by atoms with Crippen LogP contribution in [0.1, 0.15) is 19.4 Å². The molecule has 2 unspecified atom stereocenters. The number of hydrogen-bond donors (Lipinski definition) is 1. The van der Waals surface area contributed by atoms with Crippen LogP contribution in [-0.2, 0) is 6.54 Å². The van der Waals surface area contributed by atoms with E-state index in [1.54, 1.807) is 14.2 Å². The summed E-state index contributed by atoms with van der Waals surface area (Å²) in [5, 5.41) is 3.46. The van der Waals surface area contributed by atoms with E-state index < -0.39 is 0 Å². The number of alkyl halides is 1. The molecule has 0 aromatic heterocycles. The molecule has 18 heavy (non-hydrogen) atoms. The third kappa shape index (κ3) is 4.07. The van der Waals surface area contributed by atoms with Gasteiger partial charge in [-0.15, -0.1) is 11.6 Å². The van der Waals surface area contributed by atoms with Crippen molar-refractivity contribution in [2.24, 2.45) is 5.92 Å². The molecule has 1 rings (SSSR count). The Hall–Kier alpha value is -0.930. The van der Waals surface area contributed by atoms with Gasteiger partial charge in [0.1, 0.15) is 0 Å². The highest BCUT2D eigenvalue weighted by atomic mass is 35.5. The zero-order valence-electron chi connectivity index (χ0n) is 11.5. The summed E-state index contributed by atoms with van der Waals surface area (Å²) in [7, 11) is 3.28. The van der Waals surface area contributed by atoms with Crippen LogP contribution >= 0.6 is 11.6 Å². The molecule has 0 fully saturated rings. The van der Waals surface area contributed by atoms with Crippen molar-refractivity contribution < 1.29 is 9.47 Å². The molecule has 1 aromatic rings. The Bertz CT molecular complexity index is 371. The molecule has 0 saturated carbocycles. The third-order valence-corrected chi connectivity index (χ3v) is 3.66. The van der Waals surface area contributed by atoms with E-state index in [1.807, 2.05) is 18.2 Å². The summed E-state index contributed by atoms with van der Waals surface area (Å²) in [5.41, 5.74) is 1.17. The van der Waals surface area contributed by atoms with Crippen molar-refractivity contribution in [2.45, 2.75) is 26.4 Å². The largest absolute Gasteiger partial charge is 0.493 e. The monoisotopic (exact) mass is 271 g/mol. The second-order valence-electron chi connectivity index (χ2n) is 4.49. The van der Waals surface area contributed by atoms with E-state index in [0.29, 0.717) is 17.8 Å². The molecule has 1 aromatic carbocycles. The summed E-state index contributed by atoms with van der Waals surface area (Å²) in [6.07, 6.45) is 0. The van der Waals surface area contributed by atoms with Crippen molar-refractivity contribution in [3.05, 3.63) is 23.8 Å². The van der Waals surface area contributed by atoms with Crippen molar-refractivity contribution in [3.63, 3.8) is 0 Å². The summed E-state index contributed by atoms with van der Waals surface area (Å²) < 4.78 is 10.5. The SMILES string of the molecule is COc1ccc(CNC(C)C(C)CCl)cc1OC. The van der Waals surface area contributed by atoms with Crippen LogP contribution in [0.5, 0.6) is 11.5 Å². The van der Waals surface area contributed by atoms with Gasteiger partial charge in [-0.25, -0.2) is 0 Å². The maximum absolute atomic E-state index is 5.84. The Morgan fingerprint density at radius 1 is 1.17 bits per heavy atom. The van der Waals surface area contributed by atoms with E-state index in [-0.39, 0.29) is 0 Å². The molecule has 0 aliphatic heterocycles. The maximum Gasteiger partial charge on any atom is 0.161 e. The molecular weight excluding hydrogens is 250 g/mol. The van der Waals surface area contributed by atoms with Crippen LogP contribution in [-0.4, -0.2) is 26.1 Å². The number of ether oxygens (including phenoxy) is 2. The summed E-state index contributed by atoms with van der Waals surface area (Å²) in [4.78, 5) is 0. The smallest absolute Gasteiger partial charge is 0.161 e. The van der Waals surface area contributed by atoms with E-state index >= 15 is 0 Å². The van der Waals surface area contributed by atoms with E-state index in [4.69, 9.17) is 21.1 Å². The van der Waals surface area contributed by atoms with Gasteiger partial charge in [-0.05, 0) is 30.5 Å². The van der Waals surface area contributed by atoms with Gasteiger partial charge in [0.2, 0.25) is 0 Å². The Morgan fingerprint density at radius 2 is 1.83 bits per heavy atom. The van der Waals surface area contributed by atoms with Crippen molar-refractivity contribution in [2.75, 3.05) is 20.1 Å². The van der Waals surface area contributed by atoms with Gasteiger partial charge in [-0.3, -0.25) is 0 Å². The molecule has 0 radical (unpaired) electrons. The fourth-order valence-electron chi connectivity index (χ4n) is 1.60. The highest BCUT2D eigenvalue weighted by molar-refractivity contribution is 6.18. The lowest BCUT2D eigenvalue weighted by molar-refractivity contribution is 0.354. The van der Waals surface area contributed by atoms with Crippen LogP contribution in [0.15, 0.2) is 18.2 Å². The lowest BCUT2D eigenvalue weighted by Crippen LogP contribution is -2.32. The molecular formula is C14H22ClNO2. The second-order valence-corrected chi connectivity index (χ2v) is 4.80. The zero-order valence-corrected chi connectivity index (χ0v) is 12.3. The molecule has 0 aliphatic rings. The maximum atomic E-state index is 5.84. The van der Waals surface area contributed by atoms with Crippen LogP contribution in [0.3, 0.4) is 0 Å². The van der Waals surface area contributed by atoms with Gasteiger partial charge in [-0.1, -0.05) is 13.0 Å². The molecule has 2 atom stereocenters. The lowest BCUT2D eigenvalue weighted by atomic mass is 10.1. The van der Waals surface area contributed by atoms with Crippen LogP contribution in [0.25, 0.3) is 0 Å². The lowest BCUT2D eigenvalue weighted by Gasteiger charge is -2.19. The average Bonchev–Trinajstić information content (AvgIpc) is 2.43. The number of methoxy groups -OCH3 is 2. The van der Waals surface area contributed by atoms with Crippen LogP contribution in [0.2, 0.25) is 0 Å². The standard InChI is InChI=1S/C14H22ClNO2/c1-10(8-15)11(2)16-9-12-5-6-13(17-3)14(7-12)18-4/h5-7,10-11,16H,8-9H2,1-4H3. The third-order valence-electron chi connectivity index (χ3n) is 3.17. The van der Waals surface area contributed by atoms with Gasteiger partial charge >= 0.3 is 0 Å². The minimum Gasteiger partial charge on any atom is -0.493 e. The van der Waals surface area contributed by atoms with Crippen LogP contribution < -0.4 is 14.8 Å². The van der Waals surface area contributed by atoms with Gasteiger partial charge < -0.3 is 14.8 Å². The quantitative estimate of drug-likeness (QED) is 0.773. The Labute approximate surface area is 114 Å². The summed E-state index contributed by atoms with van der Waals surface area (Å²) in [6, 6.07) is 6.33. The summed E-state index contributed by atoms with van der Waals surface area (Å²) >= 11 is 5.84. The van der Waals surface area contributed by atoms with Crippen molar-refractivity contribution in [3.8, 4) is 11.5 Å². The normalized spacial score (nSPS) is 14.1. The molecule has 0 saturated heterocycles. The fourth-order valence-corrected chi connectivity index (χ4v) is 1.87. The number of rotatable bonds is 7. The first kappa shape index (κ1) is 15.1. The van der Waals surface area contributed by atoms with Crippen molar-refractivity contribution in [1.82, 2.24) is 5.32 Å². The first-order valence-electron chi connectivity index (χ1n) is 6.12. The molecule has 0 bridgehead atoms. The molecule has 3 nitrogen and oxygen atoms in total. The van der Waals surface area contributed by atoms with Gasteiger partial charge in [-0.2, -0.15) is 0 Å². The minimum atomic E-state index is 0.385. The molecule has 0 aliphatic carbocycles. The Morgan fingerprint density at radius 3 is 2.39 bits per heavy atom. The average molecular weight is 272 g/mol. The number of benzene rings is 1. The fraction of sp³-hybridized carbons (Fsp3) is 0.571. The van der Waals surface area contributed by atoms with E-state index in [1.165, 1.54) is 5.56 Å². The minimum absolute atomic E-state index is 0.385. The van der Waals surface area contributed by atoms with Crippen LogP contribution in [0.4, 0.5) is 0 Å². The summed E-state index contributed by atoms with van der Waals surface area (Å²) in [5.74, 6) is 2.63. The van der Waals surface area contributed by atoms with Gasteiger partial charge in [0.25, 0.3) is 0 Å². The first-order valence-corrected chi connectivity index (χ1v) is 6.66. The van der Waals surface area contributed by atoms with Gasteiger partial charge in [0, 0.05) is 18.5 Å². The molecule has 0 spiro atoms. The van der Waals surface area contributed by atoms with Crippen LogP contribution in [0, 0.1) is 5.92 Å². The second kappa shape index (κ2) is 7.49. The first-order chi connectivity index (χ1) is 8.62. The molecule has 4 heteroatoms. The Balaban J connectivity index is 2.63. The highest BCUT2D eigenvalue weighted by Gasteiger charge is 2.11. The topological polar surface area (TPSA) is 30.5 Å². The zero-order chi connectivity index (χ0) is 13.5. The number of halogens is 1. The Kier molecular flexibility index (Phi) is 6.30. The predicted octanol–water partition coefficient (Wildman–Crippen LogP) is 3.06. The van der Waals surface area contributed by atoms with E-state index in [9.17, 15) is 0 Å². The van der Waals surface area contributed by atoms with Crippen molar-refractivity contribution in [1.29, 1.82) is 0 Å². The van der Waals surface area contributed by atoms with E-state index in [2.05, 4.69) is 19.2 Å². The van der Waals surface area contributed by atoms with E-state index in [0.717, 1.165) is 18.0 Å². The molecule has 102 valence electrons. The highest BCUT2D eigenvalue weighted by Crippen LogP contribution is 2.27. The number of hydrogen-bond acceptors (Lipinski definition) is 3. The summed E-state index contributed by atoms with van der Waals surface area (Å²) in [6.45, 7) is 5.08. The van der Waals surface area contributed by atoms with Gasteiger partial charge in [0.15, 0.2) is 11.5 Å².